The second kappa shape index (κ2) is 55.7. The van der Waals surface area contributed by atoms with Crippen molar-refractivity contribution in [3.63, 3.8) is 0 Å². The first-order chi connectivity index (χ1) is 32.5. The van der Waals surface area contributed by atoms with Gasteiger partial charge in [0.25, 0.3) is 0 Å². The average Bonchev–Trinajstić information content (AvgIpc) is 3.32. The van der Waals surface area contributed by atoms with Gasteiger partial charge in [0.1, 0.15) is 0 Å². The molecule has 66 heavy (non-hydrogen) atoms. The molecule has 0 aliphatic heterocycles. The summed E-state index contributed by atoms with van der Waals surface area (Å²) in [5.74, 6) is -0.0731. The standard InChI is InChI=1S/C60H113NO5/c1-3-5-7-9-11-13-15-17-19-24-28-32-36-40-44-48-52-58(63)57(56-62)61-59(64)53-49-45-41-37-33-29-25-22-21-23-27-31-35-39-43-47-51-55-66-60(65)54-50-46-42-38-34-30-26-20-18-16-14-12-10-8-6-4-2/h20-21,23,26,31,35,57-58,62-63H,3-19,22,24-25,27-30,32-34,36-56H2,1-2H3,(H,61,64)/b23-21-,26-20-,35-31-. The van der Waals surface area contributed by atoms with Crippen LogP contribution in [0.2, 0.25) is 0 Å². The quantitative estimate of drug-likeness (QED) is 0.0321. The Labute approximate surface area is 411 Å². The molecule has 2 unspecified atom stereocenters. The van der Waals surface area contributed by atoms with Crippen molar-refractivity contribution in [2.24, 2.45) is 0 Å². The lowest BCUT2D eigenvalue weighted by molar-refractivity contribution is -0.143. The molecule has 0 aromatic carbocycles. The number of ether oxygens (including phenoxy) is 1. The molecule has 0 aliphatic rings. The highest BCUT2D eigenvalue weighted by atomic mass is 16.5. The van der Waals surface area contributed by atoms with Crippen molar-refractivity contribution in [1.29, 1.82) is 0 Å². The van der Waals surface area contributed by atoms with Crippen molar-refractivity contribution in [3.8, 4) is 0 Å². The van der Waals surface area contributed by atoms with Crippen molar-refractivity contribution in [2.75, 3.05) is 13.2 Å². The highest BCUT2D eigenvalue weighted by Gasteiger charge is 2.20. The Kier molecular flexibility index (Phi) is 54.1. The molecule has 0 saturated heterocycles. The van der Waals surface area contributed by atoms with Crippen LogP contribution in [0.25, 0.3) is 0 Å². The average molecular weight is 929 g/mol. The molecule has 0 fully saturated rings. The van der Waals surface area contributed by atoms with Gasteiger partial charge in [-0.05, 0) is 89.9 Å². The number of hydrogen-bond donors (Lipinski definition) is 3. The van der Waals surface area contributed by atoms with Gasteiger partial charge in [0, 0.05) is 12.8 Å². The number of carbonyl (C=O) groups excluding carboxylic acids is 2. The van der Waals surface area contributed by atoms with E-state index in [1.165, 1.54) is 193 Å². The predicted molar refractivity (Wildman–Crippen MR) is 287 cm³/mol. The smallest absolute Gasteiger partial charge is 0.305 e. The Morgan fingerprint density at radius 1 is 0.424 bits per heavy atom. The lowest BCUT2D eigenvalue weighted by Crippen LogP contribution is -2.45. The number of carbonyl (C=O) groups is 2. The zero-order chi connectivity index (χ0) is 47.9. The molecule has 0 saturated carbocycles. The Morgan fingerprint density at radius 2 is 0.758 bits per heavy atom. The van der Waals surface area contributed by atoms with E-state index < -0.39 is 12.1 Å². The fourth-order valence-electron chi connectivity index (χ4n) is 8.90. The molecule has 2 atom stereocenters. The van der Waals surface area contributed by atoms with E-state index in [0.717, 1.165) is 83.5 Å². The second-order valence-corrected chi connectivity index (χ2v) is 20.0. The molecule has 0 aliphatic carbocycles. The van der Waals surface area contributed by atoms with E-state index in [4.69, 9.17) is 4.74 Å². The number of aliphatic hydroxyl groups excluding tert-OH is 2. The number of aliphatic hydroxyl groups is 2. The molecule has 0 aromatic heterocycles. The van der Waals surface area contributed by atoms with Gasteiger partial charge in [0.15, 0.2) is 0 Å². The first-order valence-corrected chi connectivity index (χ1v) is 29.2. The van der Waals surface area contributed by atoms with Crippen molar-refractivity contribution in [1.82, 2.24) is 5.32 Å². The summed E-state index contributed by atoms with van der Waals surface area (Å²) >= 11 is 0. The van der Waals surface area contributed by atoms with Crippen LogP contribution in [0.5, 0.6) is 0 Å². The summed E-state index contributed by atoms with van der Waals surface area (Å²) in [5.41, 5.74) is 0. The lowest BCUT2D eigenvalue weighted by Gasteiger charge is -2.22. The number of rotatable bonds is 54. The van der Waals surface area contributed by atoms with E-state index in [-0.39, 0.29) is 18.5 Å². The van der Waals surface area contributed by atoms with Crippen LogP contribution in [0.15, 0.2) is 36.5 Å². The predicted octanol–water partition coefficient (Wildman–Crippen LogP) is 18.0. The van der Waals surface area contributed by atoms with Crippen molar-refractivity contribution in [3.05, 3.63) is 36.5 Å². The third-order valence-corrected chi connectivity index (χ3v) is 13.4. The third kappa shape index (κ3) is 51.5. The normalized spacial score (nSPS) is 12.8. The van der Waals surface area contributed by atoms with Crippen LogP contribution >= 0.6 is 0 Å². The molecular formula is C60H113NO5. The molecule has 388 valence electrons. The maximum absolute atomic E-state index is 12.5. The molecule has 3 N–H and O–H groups in total. The van der Waals surface area contributed by atoms with Crippen LogP contribution in [0, 0.1) is 0 Å². The van der Waals surface area contributed by atoms with Crippen LogP contribution in [-0.2, 0) is 14.3 Å². The van der Waals surface area contributed by atoms with Crippen LogP contribution < -0.4 is 5.32 Å². The Morgan fingerprint density at radius 3 is 1.17 bits per heavy atom. The van der Waals surface area contributed by atoms with Crippen molar-refractivity contribution in [2.45, 2.75) is 321 Å². The summed E-state index contributed by atoms with van der Waals surface area (Å²) in [6, 6.07) is -0.554. The van der Waals surface area contributed by atoms with E-state index in [9.17, 15) is 19.8 Å². The highest BCUT2D eigenvalue weighted by Crippen LogP contribution is 2.17. The van der Waals surface area contributed by atoms with Gasteiger partial charge in [-0.25, -0.2) is 0 Å². The zero-order valence-electron chi connectivity index (χ0n) is 44.2. The Hall–Kier alpha value is -1.92. The van der Waals surface area contributed by atoms with E-state index in [1.54, 1.807) is 0 Å². The van der Waals surface area contributed by atoms with E-state index in [2.05, 4.69) is 55.6 Å². The van der Waals surface area contributed by atoms with Gasteiger partial charge < -0.3 is 20.3 Å². The minimum atomic E-state index is -0.675. The first-order valence-electron chi connectivity index (χ1n) is 29.2. The molecule has 0 spiro atoms. The molecule has 6 heteroatoms. The molecular weight excluding hydrogens is 815 g/mol. The molecule has 1 amide bonds. The number of unbranched alkanes of at least 4 members (excludes halogenated alkanes) is 37. The third-order valence-electron chi connectivity index (χ3n) is 13.4. The topological polar surface area (TPSA) is 95.9 Å². The highest BCUT2D eigenvalue weighted by molar-refractivity contribution is 5.76. The summed E-state index contributed by atoms with van der Waals surface area (Å²) < 4.78 is 5.45. The Bertz CT molecular complexity index is 1070. The van der Waals surface area contributed by atoms with Gasteiger partial charge in [-0.3, -0.25) is 9.59 Å². The van der Waals surface area contributed by atoms with Crippen LogP contribution in [0.4, 0.5) is 0 Å². The first kappa shape index (κ1) is 64.1. The molecule has 6 nitrogen and oxygen atoms in total. The van der Waals surface area contributed by atoms with Gasteiger partial charge in [-0.2, -0.15) is 0 Å². The number of amides is 1. The van der Waals surface area contributed by atoms with Crippen molar-refractivity contribution >= 4 is 11.9 Å². The number of allylic oxidation sites excluding steroid dienone is 6. The van der Waals surface area contributed by atoms with Gasteiger partial charge in [-0.1, -0.05) is 243 Å². The molecule has 0 bridgehead atoms. The molecule has 0 radical (unpaired) electrons. The Balaban J connectivity index is 3.50. The van der Waals surface area contributed by atoms with Gasteiger partial charge in [0.05, 0.1) is 25.4 Å². The lowest BCUT2D eigenvalue weighted by atomic mass is 10.0. The molecule has 0 aromatic rings. The van der Waals surface area contributed by atoms with Crippen LogP contribution in [0.1, 0.15) is 309 Å². The summed E-state index contributed by atoms with van der Waals surface area (Å²) in [4.78, 5) is 24.5. The number of esters is 1. The fraction of sp³-hybridized carbons (Fsp3) is 0.867. The van der Waals surface area contributed by atoms with Gasteiger partial charge >= 0.3 is 5.97 Å². The summed E-state index contributed by atoms with van der Waals surface area (Å²) in [7, 11) is 0. The second-order valence-electron chi connectivity index (χ2n) is 20.0. The summed E-state index contributed by atoms with van der Waals surface area (Å²) in [6.07, 6.45) is 68.5. The van der Waals surface area contributed by atoms with Crippen molar-refractivity contribution < 1.29 is 24.5 Å². The number of hydrogen-bond acceptors (Lipinski definition) is 5. The van der Waals surface area contributed by atoms with Crippen LogP contribution in [0.3, 0.4) is 0 Å². The fourth-order valence-corrected chi connectivity index (χ4v) is 8.90. The zero-order valence-corrected chi connectivity index (χ0v) is 44.2. The monoisotopic (exact) mass is 928 g/mol. The van der Waals surface area contributed by atoms with E-state index in [0.29, 0.717) is 25.9 Å². The van der Waals surface area contributed by atoms with Gasteiger partial charge in [-0.15, -0.1) is 0 Å². The summed E-state index contributed by atoms with van der Waals surface area (Å²) in [5, 5.41) is 23.3. The van der Waals surface area contributed by atoms with Crippen LogP contribution in [-0.4, -0.2) is 47.4 Å². The maximum atomic E-state index is 12.5. The minimum Gasteiger partial charge on any atom is -0.466 e. The summed E-state index contributed by atoms with van der Waals surface area (Å²) in [6.45, 7) is 4.91. The molecule has 0 rings (SSSR count). The SMILES string of the molecule is CCCCCCCCC/C=C\CCCCCCCC(=O)OCCCCC/C=C\C/C=C\CCCCCCCCCC(=O)NC(CO)C(O)CCCCCCCCCCCCCCCCCC. The molecule has 0 heterocycles. The largest absolute Gasteiger partial charge is 0.466 e. The maximum Gasteiger partial charge on any atom is 0.305 e. The van der Waals surface area contributed by atoms with E-state index in [1.807, 2.05) is 0 Å². The minimum absolute atomic E-state index is 0.0228. The number of nitrogens with one attached hydrogen (secondary N) is 1. The van der Waals surface area contributed by atoms with Gasteiger partial charge in [0.2, 0.25) is 5.91 Å². The van der Waals surface area contributed by atoms with E-state index >= 15 is 0 Å².